The Morgan fingerprint density at radius 2 is 2.11 bits per heavy atom. The minimum absolute atomic E-state index is 0.138. The number of nitrogens with one attached hydrogen (secondary N) is 1. The fourth-order valence-electron chi connectivity index (χ4n) is 2.20. The summed E-state index contributed by atoms with van der Waals surface area (Å²) in [6.07, 6.45) is -0.989. The van der Waals surface area contributed by atoms with Gasteiger partial charge in [0.1, 0.15) is 6.04 Å². The molecule has 1 amide bonds. The van der Waals surface area contributed by atoms with Crippen LogP contribution in [0.3, 0.4) is 0 Å². The Morgan fingerprint density at radius 3 is 2.63 bits per heavy atom. The molecule has 1 heterocycles. The molecule has 3 N–H and O–H groups in total. The summed E-state index contributed by atoms with van der Waals surface area (Å²) >= 11 is 5.85. The Balaban J connectivity index is 2.07. The highest BCUT2D eigenvalue weighted by Gasteiger charge is 2.39. The van der Waals surface area contributed by atoms with Crippen molar-refractivity contribution >= 4 is 29.4 Å². The van der Waals surface area contributed by atoms with Crippen molar-refractivity contribution in [2.75, 3.05) is 11.9 Å². The number of carbonyl (C=O) groups is 2. The van der Waals surface area contributed by atoms with Crippen molar-refractivity contribution in [3.8, 4) is 0 Å². The van der Waals surface area contributed by atoms with Gasteiger partial charge >= 0.3 is 12.1 Å². The van der Waals surface area contributed by atoms with Gasteiger partial charge < -0.3 is 15.5 Å². The molecule has 0 saturated carbocycles. The molecule has 0 radical (unpaired) electrons. The maximum absolute atomic E-state index is 11.0. The molecular formula is C12H13ClN2O4. The van der Waals surface area contributed by atoms with E-state index in [2.05, 4.69) is 5.32 Å². The molecule has 1 aliphatic heterocycles. The lowest BCUT2D eigenvalue weighted by atomic mass is 10.1. The van der Waals surface area contributed by atoms with Gasteiger partial charge in [0.15, 0.2) is 0 Å². The lowest BCUT2D eigenvalue weighted by molar-refractivity contribution is -0.141. The van der Waals surface area contributed by atoms with Crippen LogP contribution in [0.25, 0.3) is 0 Å². The maximum atomic E-state index is 11.0. The molecule has 102 valence electrons. The van der Waals surface area contributed by atoms with Crippen LogP contribution in [-0.2, 0) is 4.79 Å². The number of benzene rings is 1. The van der Waals surface area contributed by atoms with Crippen molar-refractivity contribution in [2.45, 2.75) is 18.5 Å². The topological polar surface area (TPSA) is 89.9 Å². The Labute approximate surface area is 114 Å². The number of nitrogens with zero attached hydrogens (tertiary/aromatic N) is 1. The fourth-order valence-corrected chi connectivity index (χ4v) is 2.39. The highest BCUT2D eigenvalue weighted by atomic mass is 35.5. The van der Waals surface area contributed by atoms with Crippen LogP contribution in [0.5, 0.6) is 0 Å². The zero-order valence-electron chi connectivity index (χ0n) is 9.91. The van der Waals surface area contributed by atoms with Crippen molar-refractivity contribution in [3.05, 3.63) is 29.3 Å². The van der Waals surface area contributed by atoms with Crippen LogP contribution in [0, 0.1) is 0 Å². The summed E-state index contributed by atoms with van der Waals surface area (Å²) in [6.45, 7) is 0.138. The third kappa shape index (κ3) is 3.08. The van der Waals surface area contributed by atoms with E-state index in [1.54, 1.807) is 24.3 Å². The summed E-state index contributed by atoms with van der Waals surface area (Å²) in [5.74, 6) is -1.13. The van der Waals surface area contributed by atoms with Gasteiger partial charge in [-0.25, -0.2) is 9.59 Å². The third-order valence-corrected chi connectivity index (χ3v) is 3.26. The molecule has 1 aliphatic rings. The van der Waals surface area contributed by atoms with Crippen LogP contribution in [0.2, 0.25) is 5.02 Å². The van der Waals surface area contributed by atoms with Gasteiger partial charge in [-0.1, -0.05) is 17.7 Å². The standard InChI is InChI=1S/C12H13ClN2O4/c13-7-2-1-3-8(4-7)14-9-5-10(11(16)17)15(6-9)12(18)19/h1-4,9-10,14H,5-6H2,(H,16,17)(H,18,19)/t9-,10-/m0/s1. The summed E-state index contributed by atoms with van der Waals surface area (Å²) in [5, 5.41) is 21.6. The van der Waals surface area contributed by atoms with E-state index in [-0.39, 0.29) is 19.0 Å². The van der Waals surface area contributed by atoms with E-state index in [0.717, 1.165) is 10.6 Å². The number of amides is 1. The molecule has 0 aliphatic carbocycles. The van der Waals surface area contributed by atoms with Gasteiger partial charge in [-0.2, -0.15) is 0 Å². The van der Waals surface area contributed by atoms with Gasteiger partial charge in [-0.15, -0.1) is 0 Å². The van der Waals surface area contributed by atoms with Gasteiger partial charge in [0.2, 0.25) is 0 Å². The van der Waals surface area contributed by atoms with E-state index in [1.807, 2.05) is 0 Å². The highest BCUT2D eigenvalue weighted by Crippen LogP contribution is 2.23. The first-order valence-corrected chi connectivity index (χ1v) is 6.09. The fraction of sp³-hybridized carbons (Fsp3) is 0.333. The molecule has 6 nitrogen and oxygen atoms in total. The SMILES string of the molecule is O=C(O)[C@@H]1C[C@H](Nc2cccc(Cl)c2)CN1C(=O)O. The van der Waals surface area contributed by atoms with Gasteiger partial charge in [-0.05, 0) is 18.2 Å². The summed E-state index contributed by atoms with van der Waals surface area (Å²) < 4.78 is 0. The second-order valence-electron chi connectivity index (χ2n) is 4.38. The van der Waals surface area contributed by atoms with Crippen LogP contribution < -0.4 is 5.32 Å². The second kappa shape index (κ2) is 5.36. The largest absolute Gasteiger partial charge is 0.480 e. The van der Waals surface area contributed by atoms with E-state index in [4.69, 9.17) is 21.8 Å². The minimum atomic E-state index is -1.22. The molecule has 1 aromatic carbocycles. The Kier molecular flexibility index (Phi) is 3.80. The summed E-state index contributed by atoms with van der Waals surface area (Å²) in [7, 11) is 0. The van der Waals surface area contributed by atoms with E-state index in [1.165, 1.54) is 0 Å². The van der Waals surface area contributed by atoms with Crippen molar-refractivity contribution in [3.63, 3.8) is 0 Å². The number of rotatable bonds is 3. The van der Waals surface area contributed by atoms with Crippen LogP contribution in [0.15, 0.2) is 24.3 Å². The van der Waals surface area contributed by atoms with Crippen molar-refractivity contribution < 1.29 is 19.8 Å². The number of hydrogen-bond donors (Lipinski definition) is 3. The molecule has 7 heteroatoms. The third-order valence-electron chi connectivity index (χ3n) is 3.03. The highest BCUT2D eigenvalue weighted by molar-refractivity contribution is 6.30. The first-order chi connectivity index (χ1) is 8.97. The number of hydrogen-bond acceptors (Lipinski definition) is 3. The number of carboxylic acid groups (broad SMARTS) is 2. The normalized spacial score (nSPS) is 22.3. The molecule has 2 rings (SSSR count). The van der Waals surface area contributed by atoms with Crippen LogP contribution in [0.4, 0.5) is 10.5 Å². The first kappa shape index (κ1) is 13.5. The van der Waals surface area contributed by atoms with Gasteiger partial charge in [0.05, 0.1) is 0 Å². The predicted octanol–water partition coefficient (Wildman–Crippen LogP) is 1.96. The van der Waals surface area contributed by atoms with E-state index >= 15 is 0 Å². The van der Waals surface area contributed by atoms with Gasteiger partial charge in [-0.3, -0.25) is 4.90 Å². The minimum Gasteiger partial charge on any atom is -0.480 e. The molecule has 19 heavy (non-hydrogen) atoms. The van der Waals surface area contributed by atoms with Crippen LogP contribution in [0.1, 0.15) is 6.42 Å². The Bertz CT molecular complexity index is 486. The van der Waals surface area contributed by atoms with Crippen molar-refractivity contribution in [1.82, 2.24) is 4.90 Å². The molecule has 2 atom stereocenters. The van der Waals surface area contributed by atoms with E-state index in [0.29, 0.717) is 5.02 Å². The first-order valence-electron chi connectivity index (χ1n) is 5.72. The average Bonchev–Trinajstić information content (AvgIpc) is 2.73. The Hall–Kier alpha value is -1.95. The zero-order chi connectivity index (χ0) is 14.0. The predicted molar refractivity (Wildman–Crippen MR) is 69.6 cm³/mol. The molecule has 0 unspecified atom stereocenters. The molecule has 0 aromatic heterocycles. The lowest BCUT2D eigenvalue weighted by Gasteiger charge is -2.17. The average molecular weight is 285 g/mol. The number of halogens is 1. The van der Waals surface area contributed by atoms with Crippen LogP contribution in [-0.4, -0.2) is 45.8 Å². The smallest absolute Gasteiger partial charge is 0.408 e. The number of anilines is 1. The van der Waals surface area contributed by atoms with Gasteiger partial charge in [0.25, 0.3) is 0 Å². The van der Waals surface area contributed by atoms with Crippen molar-refractivity contribution in [2.24, 2.45) is 0 Å². The molecule has 1 aromatic rings. The number of likely N-dealkylation sites (tertiary alicyclic amines) is 1. The van der Waals surface area contributed by atoms with Gasteiger partial charge in [0, 0.05) is 29.7 Å². The van der Waals surface area contributed by atoms with Crippen molar-refractivity contribution in [1.29, 1.82) is 0 Å². The Morgan fingerprint density at radius 1 is 1.37 bits per heavy atom. The monoisotopic (exact) mass is 284 g/mol. The van der Waals surface area contributed by atoms with E-state index < -0.39 is 18.1 Å². The lowest BCUT2D eigenvalue weighted by Crippen LogP contribution is -2.39. The van der Waals surface area contributed by atoms with E-state index in [9.17, 15) is 9.59 Å². The summed E-state index contributed by atoms with van der Waals surface area (Å²) in [6, 6.07) is 5.75. The quantitative estimate of drug-likeness (QED) is 0.789. The summed E-state index contributed by atoms with van der Waals surface area (Å²) in [4.78, 5) is 22.9. The molecular weight excluding hydrogens is 272 g/mol. The molecule has 1 fully saturated rings. The number of carboxylic acids is 1. The molecule has 1 saturated heterocycles. The maximum Gasteiger partial charge on any atom is 0.408 e. The second-order valence-corrected chi connectivity index (χ2v) is 4.81. The molecule has 0 spiro atoms. The summed E-state index contributed by atoms with van der Waals surface area (Å²) in [5.41, 5.74) is 0.744. The molecule has 0 bridgehead atoms. The number of aliphatic carboxylic acids is 1. The zero-order valence-corrected chi connectivity index (χ0v) is 10.7. The van der Waals surface area contributed by atoms with Crippen LogP contribution >= 0.6 is 11.6 Å².